The van der Waals surface area contributed by atoms with Gasteiger partial charge in [-0.05, 0) is 24.8 Å². The van der Waals surface area contributed by atoms with Crippen LogP contribution in [0, 0.1) is 5.41 Å². The number of nitrogens with zero attached hydrogens (tertiary/aromatic N) is 2. The van der Waals surface area contributed by atoms with Crippen molar-refractivity contribution in [2.75, 3.05) is 6.54 Å². The second-order valence-electron chi connectivity index (χ2n) is 5.73. The van der Waals surface area contributed by atoms with Crippen LogP contribution in [0.15, 0.2) is 21.9 Å². The summed E-state index contributed by atoms with van der Waals surface area (Å²) in [5.41, 5.74) is 5.08. The van der Waals surface area contributed by atoms with Gasteiger partial charge in [-0.3, -0.25) is 9.36 Å². The molecule has 102 valence electrons. The SMILES string of the molecule is CC(C)(C)CCn1ccc(=O)n(CCCN)c1=O. The average molecular weight is 253 g/mol. The van der Waals surface area contributed by atoms with Gasteiger partial charge in [-0.15, -0.1) is 0 Å². The Balaban J connectivity index is 2.94. The standard InChI is InChI=1S/C13H23N3O2/c1-13(2,3)6-10-15-9-5-11(17)16(12(15)18)8-4-7-14/h5,9H,4,6-8,10,14H2,1-3H3. The smallest absolute Gasteiger partial charge is 0.330 e. The minimum atomic E-state index is -0.250. The predicted octanol–water partition coefficient (Wildman–Crippen LogP) is 0.795. The molecule has 0 saturated heterocycles. The van der Waals surface area contributed by atoms with Gasteiger partial charge in [0.1, 0.15) is 0 Å². The highest BCUT2D eigenvalue weighted by atomic mass is 16.2. The Labute approximate surface area is 107 Å². The summed E-state index contributed by atoms with van der Waals surface area (Å²) in [7, 11) is 0. The molecule has 0 amide bonds. The molecule has 0 radical (unpaired) electrons. The van der Waals surface area contributed by atoms with E-state index in [4.69, 9.17) is 5.73 Å². The molecule has 0 aliphatic carbocycles. The zero-order valence-corrected chi connectivity index (χ0v) is 11.5. The Morgan fingerprint density at radius 1 is 1.22 bits per heavy atom. The first-order valence-electron chi connectivity index (χ1n) is 6.35. The van der Waals surface area contributed by atoms with Crippen molar-refractivity contribution < 1.29 is 0 Å². The molecular weight excluding hydrogens is 230 g/mol. The first-order chi connectivity index (χ1) is 8.35. The Kier molecular flexibility index (Phi) is 4.90. The summed E-state index contributed by atoms with van der Waals surface area (Å²) in [6.07, 6.45) is 3.11. The van der Waals surface area contributed by atoms with Crippen molar-refractivity contribution in [1.29, 1.82) is 0 Å². The van der Waals surface area contributed by atoms with Gasteiger partial charge in [0.05, 0.1) is 0 Å². The van der Waals surface area contributed by atoms with E-state index in [0.717, 1.165) is 6.42 Å². The molecular formula is C13H23N3O2. The molecule has 0 aliphatic rings. The number of aryl methyl sites for hydroxylation is 1. The lowest BCUT2D eigenvalue weighted by Crippen LogP contribution is -2.39. The summed E-state index contributed by atoms with van der Waals surface area (Å²) in [4.78, 5) is 23.7. The van der Waals surface area contributed by atoms with E-state index in [9.17, 15) is 9.59 Å². The van der Waals surface area contributed by atoms with Crippen molar-refractivity contribution in [2.24, 2.45) is 11.1 Å². The highest BCUT2D eigenvalue weighted by Gasteiger charge is 2.11. The second kappa shape index (κ2) is 6.00. The monoisotopic (exact) mass is 253 g/mol. The van der Waals surface area contributed by atoms with Gasteiger partial charge in [0.15, 0.2) is 0 Å². The molecule has 0 saturated carbocycles. The van der Waals surface area contributed by atoms with Crippen LogP contribution >= 0.6 is 0 Å². The van der Waals surface area contributed by atoms with Crippen molar-refractivity contribution in [2.45, 2.75) is 46.7 Å². The molecule has 1 rings (SSSR count). The molecule has 2 N–H and O–H groups in total. The van der Waals surface area contributed by atoms with E-state index in [0.29, 0.717) is 26.1 Å². The largest absolute Gasteiger partial charge is 0.330 e. The first kappa shape index (κ1) is 14.7. The molecule has 0 unspecified atom stereocenters. The average Bonchev–Trinajstić information content (AvgIpc) is 2.26. The Morgan fingerprint density at radius 2 is 1.89 bits per heavy atom. The predicted molar refractivity (Wildman–Crippen MR) is 72.7 cm³/mol. The van der Waals surface area contributed by atoms with Gasteiger partial charge in [-0.2, -0.15) is 0 Å². The van der Waals surface area contributed by atoms with E-state index in [-0.39, 0.29) is 16.7 Å². The number of hydrogen-bond acceptors (Lipinski definition) is 3. The molecule has 0 aromatic carbocycles. The topological polar surface area (TPSA) is 70.0 Å². The lowest BCUT2D eigenvalue weighted by molar-refractivity contribution is 0.342. The van der Waals surface area contributed by atoms with Crippen LogP contribution in [0.4, 0.5) is 0 Å². The summed E-state index contributed by atoms with van der Waals surface area (Å²) in [5.74, 6) is 0. The van der Waals surface area contributed by atoms with E-state index in [2.05, 4.69) is 20.8 Å². The van der Waals surface area contributed by atoms with Crippen molar-refractivity contribution in [3.05, 3.63) is 33.1 Å². The molecule has 5 nitrogen and oxygen atoms in total. The molecule has 0 fully saturated rings. The normalized spacial score (nSPS) is 11.8. The van der Waals surface area contributed by atoms with Gasteiger partial charge in [0.25, 0.3) is 5.56 Å². The minimum absolute atomic E-state index is 0.164. The number of aromatic nitrogens is 2. The summed E-state index contributed by atoms with van der Waals surface area (Å²) >= 11 is 0. The third-order valence-corrected chi connectivity index (χ3v) is 2.83. The highest BCUT2D eigenvalue weighted by molar-refractivity contribution is 4.86. The van der Waals surface area contributed by atoms with Gasteiger partial charge >= 0.3 is 5.69 Å². The second-order valence-corrected chi connectivity index (χ2v) is 5.73. The number of rotatable bonds is 5. The third kappa shape index (κ3) is 4.14. The van der Waals surface area contributed by atoms with Gasteiger partial charge in [0, 0.05) is 25.4 Å². The molecule has 5 heteroatoms. The maximum Gasteiger partial charge on any atom is 0.330 e. The van der Waals surface area contributed by atoms with Crippen molar-refractivity contribution in [1.82, 2.24) is 9.13 Å². The number of hydrogen-bond donors (Lipinski definition) is 1. The highest BCUT2D eigenvalue weighted by Crippen LogP contribution is 2.18. The summed E-state index contributed by atoms with van der Waals surface area (Å²) in [6.45, 7) is 7.88. The van der Waals surface area contributed by atoms with Crippen LogP contribution in [-0.4, -0.2) is 15.7 Å². The van der Waals surface area contributed by atoms with Gasteiger partial charge in [-0.25, -0.2) is 4.79 Å². The Hall–Kier alpha value is -1.36. The fourth-order valence-electron chi connectivity index (χ4n) is 1.64. The summed E-state index contributed by atoms with van der Waals surface area (Å²) in [5, 5.41) is 0. The number of nitrogens with two attached hydrogens (primary N) is 1. The molecule has 18 heavy (non-hydrogen) atoms. The lowest BCUT2D eigenvalue weighted by Gasteiger charge is -2.18. The zero-order chi connectivity index (χ0) is 13.8. The quantitative estimate of drug-likeness (QED) is 0.843. The summed E-state index contributed by atoms with van der Waals surface area (Å²) < 4.78 is 2.86. The van der Waals surface area contributed by atoms with E-state index in [1.165, 1.54) is 10.6 Å². The van der Waals surface area contributed by atoms with Crippen LogP contribution in [-0.2, 0) is 13.1 Å². The van der Waals surface area contributed by atoms with E-state index in [1.54, 1.807) is 10.8 Å². The van der Waals surface area contributed by atoms with Crippen molar-refractivity contribution >= 4 is 0 Å². The molecule has 0 atom stereocenters. The van der Waals surface area contributed by atoms with E-state index in [1.807, 2.05) is 0 Å². The van der Waals surface area contributed by atoms with Gasteiger partial charge < -0.3 is 10.3 Å². The molecule has 0 aliphatic heterocycles. The van der Waals surface area contributed by atoms with Crippen molar-refractivity contribution in [3.63, 3.8) is 0 Å². The zero-order valence-electron chi connectivity index (χ0n) is 11.5. The fourth-order valence-corrected chi connectivity index (χ4v) is 1.64. The Morgan fingerprint density at radius 3 is 2.44 bits per heavy atom. The molecule has 1 heterocycles. The van der Waals surface area contributed by atoms with E-state index < -0.39 is 0 Å². The maximum atomic E-state index is 12.1. The maximum absolute atomic E-state index is 12.1. The molecule has 0 spiro atoms. The lowest BCUT2D eigenvalue weighted by atomic mass is 9.92. The van der Waals surface area contributed by atoms with Crippen LogP contribution in [0.3, 0.4) is 0 Å². The van der Waals surface area contributed by atoms with Crippen LogP contribution in [0.1, 0.15) is 33.6 Å². The minimum Gasteiger partial charge on any atom is -0.330 e. The van der Waals surface area contributed by atoms with Crippen LogP contribution in [0.25, 0.3) is 0 Å². The third-order valence-electron chi connectivity index (χ3n) is 2.83. The van der Waals surface area contributed by atoms with Gasteiger partial charge in [-0.1, -0.05) is 20.8 Å². The van der Waals surface area contributed by atoms with Crippen LogP contribution in [0.5, 0.6) is 0 Å². The van der Waals surface area contributed by atoms with E-state index >= 15 is 0 Å². The molecule has 0 bridgehead atoms. The van der Waals surface area contributed by atoms with Crippen molar-refractivity contribution in [3.8, 4) is 0 Å². The summed E-state index contributed by atoms with van der Waals surface area (Å²) in [6, 6.07) is 1.45. The van der Waals surface area contributed by atoms with Crippen LogP contribution in [0.2, 0.25) is 0 Å². The van der Waals surface area contributed by atoms with Crippen LogP contribution < -0.4 is 17.0 Å². The Bertz CT molecular complexity index is 494. The van der Waals surface area contributed by atoms with Gasteiger partial charge in [0.2, 0.25) is 0 Å². The molecule has 1 aromatic rings. The first-order valence-corrected chi connectivity index (χ1v) is 6.35. The fraction of sp³-hybridized carbons (Fsp3) is 0.692. The molecule has 1 aromatic heterocycles.